The minimum absolute atomic E-state index is 0.201. The van der Waals surface area contributed by atoms with Gasteiger partial charge in [0.25, 0.3) is 5.91 Å². The highest BCUT2D eigenvalue weighted by molar-refractivity contribution is 5.94. The summed E-state index contributed by atoms with van der Waals surface area (Å²) in [5, 5.41) is 2.80. The Morgan fingerprint density at radius 1 is 1.04 bits per heavy atom. The molecule has 0 bridgehead atoms. The van der Waals surface area contributed by atoms with E-state index < -0.39 is 0 Å². The first-order chi connectivity index (χ1) is 11.6. The van der Waals surface area contributed by atoms with E-state index in [4.69, 9.17) is 5.73 Å². The van der Waals surface area contributed by atoms with E-state index in [0.717, 1.165) is 11.1 Å². The maximum Gasteiger partial charge on any atom is 0.251 e. The van der Waals surface area contributed by atoms with Gasteiger partial charge in [0.2, 0.25) is 5.95 Å². The van der Waals surface area contributed by atoms with E-state index in [1.165, 1.54) is 12.1 Å². The second-order valence-corrected chi connectivity index (χ2v) is 5.19. The summed E-state index contributed by atoms with van der Waals surface area (Å²) in [5.41, 5.74) is 8.47. The highest BCUT2D eigenvalue weighted by Crippen LogP contribution is 2.17. The van der Waals surface area contributed by atoms with Gasteiger partial charge < -0.3 is 11.1 Å². The van der Waals surface area contributed by atoms with Crippen molar-refractivity contribution in [2.45, 2.75) is 6.54 Å². The van der Waals surface area contributed by atoms with Crippen LogP contribution >= 0.6 is 0 Å². The molecule has 0 aliphatic heterocycles. The van der Waals surface area contributed by atoms with Crippen LogP contribution in [0.1, 0.15) is 15.9 Å². The fraction of sp³-hybridized carbons (Fsp3) is 0.0556. The molecule has 0 saturated carbocycles. The summed E-state index contributed by atoms with van der Waals surface area (Å²) in [5.74, 6) is -0.298. The van der Waals surface area contributed by atoms with Gasteiger partial charge in [0.1, 0.15) is 5.82 Å². The number of carbonyl (C=O) groups excluding carboxylic acids is 1. The van der Waals surface area contributed by atoms with E-state index in [0.29, 0.717) is 17.8 Å². The molecule has 0 aliphatic rings. The van der Waals surface area contributed by atoms with Crippen molar-refractivity contribution in [3.05, 3.63) is 77.7 Å². The van der Waals surface area contributed by atoms with Gasteiger partial charge in [0, 0.05) is 23.9 Å². The molecule has 0 spiro atoms. The number of hydrogen-bond acceptors (Lipinski definition) is 4. The van der Waals surface area contributed by atoms with Crippen LogP contribution in [0.2, 0.25) is 0 Å². The molecular formula is C18H15FN4O. The third-order valence-corrected chi connectivity index (χ3v) is 3.48. The molecule has 0 radical (unpaired) electrons. The molecular weight excluding hydrogens is 307 g/mol. The van der Waals surface area contributed by atoms with Crippen LogP contribution in [0.5, 0.6) is 0 Å². The molecule has 1 heterocycles. The van der Waals surface area contributed by atoms with Crippen molar-refractivity contribution >= 4 is 11.9 Å². The van der Waals surface area contributed by atoms with Crippen molar-refractivity contribution in [3.8, 4) is 11.3 Å². The number of amides is 1. The van der Waals surface area contributed by atoms with Crippen molar-refractivity contribution in [2.24, 2.45) is 0 Å². The fourth-order valence-corrected chi connectivity index (χ4v) is 2.21. The largest absolute Gasteiger partial charge is 0.368 e. The lowest BCUT2D eigenvalue weighted by molar-refractivity contribution is 0.0951. The van der Waals surface area contributed by atoms with E-state index >= 15 is 0 Å². The first-order valence-electron chi connectivity index (χ1n) is 7.33. The van der Waals surface area contributed by atoms with Gasteiger partial charge >= 0.3 is 0 Å². The highest BCUT2D eigenvalue weighted by Gasteiger charge is 2.07. The Morgan fingerprint density at radius 3 is 2.42 bits per heavy atom. The molecule has 5 nitrogen and oxygen atoms in total. The van der Waals surface area contributed by atoms with Gasteiger partial charge in [-0.25, -0.2) is 14.4 Å². The summed E-state index contributed by atoms with van der Waals surface area (Å²) in [6.45, 7) is 0.337. The van der Waals surface area contributed by atoms with E-state index in [9.17, 15) is 9.18 Å². The van der Waals surface area contributed by atoms with Crippen molar-refractivity contribution in [1.82, 2.24) is 15.3 Å². The van der Waals surface area contributed by atoms with Crippen molar-refractivity contribution in [2.75, 3.05) is 5.73 Å². The number of carbonyl (C=O) groups is 1. The molecule has 2 aromatic carbocycles. The number of nitrogens with one attached hydrogen (secondary N) is 1. The van der Waals surface area contributed by atoms with Crippen LogP contribution in [0.3, 0.4) is 0 Å². The maximum absolute atomic E-state index is 12.8. The monoisotopic (exact) mass is 322 g/mol. The maximum atomic E-state index is 12.8. The minimum atomic E-state index is -0.300. The number of nitrogen functional groups attached to an aromatic ring is 1. The van der Waals surface area contributed by atoms with Crippen LogP contribution in [0.4, 0.5) is 10.3 Å². The Kier molecular flexibility index (Phi) is 4.47. The molecule has 0 saturated heterocycles. The Bertz CT molecular complexity index is 848. The Labute approximate surface area is 138 Å². The number of benzene rings is 2. The van der Waals surface area contributed by atoms with Gasteiger partial charge in [0.05, 0.1) is 5.69 Å². The minimum Gasteiger partial charge on any atom is -0.368 e. The lowest BCUT2D eigenvalue weighted by Gasteiger charge is -2.07. The normalized spacial score (nSPS) is 10.4. The number of anilines is 1. The van der Waals surface area contributed by atoms with Gasteiger partial charge in [-0.05, 0) is 35.9 Å². The van der Waals surface area contributed by atoms with Crippen LogP contribution < -0.4 is 11.1 Å². The predicted molar refractivity (Wildman–Crippen MR) is 89.5 cm³/mol. The predicted octanol–water partition coefficient (Wildman–Crippen LogP) is 2.79. The summed E-state index contributed by atoms with van der Waals surface area (Å²) in [6.07, 6.45) is 1.58. The molecule has 24 heavy (non-hydrogen) atoms. The second kappa shape index (κ2) is 6.87. The molecule has 3 aromatic rings. The zero-order chi connectivity index (χ0) is 16.9. The van der Waals surface area contributed by atoms with Gasteiger partial charge in [0.15, 0.2) is 0 Å². The standard InChI is InChI=1S/C18H15FN4O/c19-15-7-1-12(2-8-15)11-22-17(24)14-5-3-13(4-6-14)16-9-10-21-18(20)23-16/h1-10H,11H2,(H,22,24)(H2,20,21,23). The van der Waals surface area contributed by atoms with Crippen molar-refractivity contribution < 1.29 is 9.18 Å². The molecule has 0 fully saturated rings. The lowest BCUT2D eigenvalue weighted by Crippen LogP contribution is -2.22. The first kappa shape index (κ1) is 15.6. The Morgan fingerprint density at radius 2 is 1.75 bits per heavy atom. The SMILES string of the molecule is Nc1nccc(-c2ccc(C(=O)NCc3ccc(F)cc3)cc2)n1. The molecule has 3 rings (SSSR count). The van der Waals surface area contributed by atoms with Crippen LogP contribution in [-0.4, -0.2) is 15.9 Å². The van der Waals surface area contributed by atoms with Crippen LogP contribution in [0, 0.1) is 5.82 Å². The average molecular weight is 322 g/mol. The third kappa shape index (κ3) is 3.73. The van der Waals surface area contributed by atoms with E-state index in [2.05, 4.69) is 15.3 Å². The van der Waals surface area contributed by atoms with Gasteiger partial charge in [-0.15, -0.1) is 0 Å². The number of nitrogens with zero attached hydrogens (tertiary/aromatic N) is 2. The topological polar surface area (TPSA) is 80.9 Å². The molecule has 0 unspecified atom stereocenters. The molecule has 120 valence electrons. The molecule has 0 aliphatic carbocycles. The summed E-state index contributed by atoms with van der Waals surface area (Å²) in [4.78, 5) is 20.1. The zero-order valence-corrected chi connectivity index (χ0v) is 12.7. The van der Waals surface area contributed by atoms with E-state index in [1.54, 1.807) is 48.7 Å². The van der Waals surface area contributed by atoms with Gasteiger partial charge in [-0.3, -0.25) is 4.79 Å². The number of rotatable bonds is 4. The van der Waals surface area contributed by atoms with Gasteiger partial charge in [-0.2, -0.15) is 0 Å². The molecule has 6 heteroatoms. The molecule has 1 amide bonds. The quantitative estimate of drug-likeness (QED) is 0.774. The molecule has 0 atom stereocenters. The second-order valence-electron chi connectivity index (χ2n) is 5.19. The summed E-state index contributed by atoms with van der Waals surface area (Å²) < 4.78 is 12.8. The number of hydrogen-bond donors (Lipinski definition) is 2. The lowest BCUT2D eigenvalue weighted by atomic mass is 10.1. The Balaban J connectivity index is 1.66. The number of aromatic nitrogens is 2. The van der Waals surface area contributed by atoms with E-state index in [1.807, 2.05) is 0 Å². The van der Waals surface area contributed by atoms with Crippen LogP contribution in [0.25, 0.3) is 11.3 Å². The zero-order valence-electron chi connectivity index (χ0n) is 12.7. The summed E-state index contributed by atoms with van der Waals surface area (Å²) in [7, 11) is 0. The van der Waals surface area contributed by atoms with Crippen molar-refractivity contribution in [1.29, 1.82) is 0 Å². The van der Waals surface area contributed by atoms with Crippen molar-refractivity contribution in [3.63, 3.8) is 0 Å². The summed E-state index contributed by atoms with van der Waals surface area (Å²) >= 11 is 0. The number of halogens is 1. The fourth-order valence-electron chi connectivity index (χ4n) is 2.21. The third-order valence-electron chi connectivity index (χ3n) is 3.48. The summed E-state index contributed by atoms with van der Waals surface area (Å²) in [6, 6.07) is 14.8. The smallest absolute Gasteiger partial charge is 0.251 e. The Hall–Kier alpha value is -3.28. The molecule has 3 N–H and O–H groups in total. The van der Waals surface area contributed by atoms with Gasteiger partial charge in [-0.1, -0.05) is 24.3 Å². The first-order valence-corrected chi connectivity index (χ1v) is 7.33. The average Bonchev–Trinajstić information content (AvgIpc) is 2.61. The van der Waals surface area contributed by atoms with Crippen LogP contribution in [0.15, 0.2) is 60.8 Å². The van der Waals surface area contributed by atoms with Crippen LogP contribution in [-0.2, 0) is 6.54 Å². The van der Waals surface area contributed by atoms with E-state index in [-0.39, 0.29) is 17.7 Å². The highest BCUT2D eigenvalue weighted by atomic mass is 19.1. The molecule has 1 aromatic heterocycles. The number of nitrogens with two attached hydrogens (primary N) is 1.